The number of benzene rings is 9. The molecule has 8 heterocycles. The summed E-state index contributed by atoms with van der Waals surface area (Å²) in [4.78, 5) is 16.9. The first-order valence-corrected chi connectivity index (χ1v) is 32.5. The topological polar surface area (TPSA) is 132 Å². The molecule has 0 N–H and O–H groups in total. The molecular formula is C88H68F2Ir6N12O-8. The van der Waals surface area contributed by atoms with E-state index >= 15 is 0 Å². The van der Waals surface area contributed by atoms with E-state index in [0.29, 0.717) is 11.4 Å². The second-order valence-electron chi connectivity index (χ2n) is 22.0. The van der Waals surface area contributed by atoms with Gasteiger partial charge in [0, 0.05) is 194 Å². The zero-order chi connectivity index (χ0) is 71.5. The third-order valence-electron chi connectivity index (χ3n) is 14.5. The number of halogens is 2. The Kier molecular flexibility index (Phi) is 42.7. The molecule has 562 valence electrons. The van der Waals surface area contributed by atoms with Crippen LogP contribution in [0.5, 0.6) is 5.75 Å². The Morgan fingerprint density at radius 1 is 0.358 bits per heavy atom. The van der Waals surface area contributed by atoms with Crippen molar-refractivity contribution in [2.45, 2.75) is 20.8 Å². The summed E-state index contributed by atoms with van der Waals surface area (Å²) in [7, 11) is 1.50. The molecule has 0 atom stereocenters. The fourth-order valence-corrected chi connectivity index (χ4v) is 9.58. The van der Waals surface area contributed by atoms with Gasteiger partial charge in [0.2, 0.25) is 0 Å². The van der Waals surface area contributed by atoms with Gasteiger partial charge in [0.15, 0.2) is 0 Å². The van der Waals surface area contributed by atoms with E-state index in [0.717, 1.165) is 85.6 Å². The first-order chi connectivity index (χ1) is 50.6. The van der Waals surface area contributed by atoms with E-state index in [9.17, 15) is 8.78 Å². The first kappa shape index (κ1) is 91.6. The van der Waals surface area contributed by atoms with Crippen molar-refractivity contribution >= 4 is 10.8 Å². The average molecular weight is 2500 g/mol. The van der Waals surface area contributed by atoms with Crippen LogP contribution >= 0.6 is 0 Å². The molecule has 8 aromatic heterocycles. The van der Waals surface area contributed by atoms with Crippen molar-refractivity contribution in [3.8, 4) is 73.5 Å². The second-order valence-corrected chi connectivity index (χ2v) is 22.0. The maximum Gasteiger partial charge on any atom is 0.113 e. The van der Waals surface area contributed by atoms with Crippen molar-refractivity contribution in [1.82, 2.24) is 59.1 Å². The Balaban J connectivity index is 0.000000262. The van der Waals surface area contributed by atoms with Crippen LogP contribution in [0.3, 0.4) is 0 Å². The van der Waals surface area contributed by atoms with Crippen LogP contribution < -0.4 is 4.74 Å². The van der Waals surface area contributed by atoms with Gasteiger partial charge in [-0.3, -0.25) is 27.5 Å². The molecule has 0 saturated heterocycles. The van der Waals surface area contributed by atoms with Crippen LogP contribution in [0.4, 0.5) is 8.78 Å². The van der Waals surface area contributed by atoms with Gasteiger partial charge in [0.25, 0.3) is 0 Å². The molecule has 6 radical (unpaired) electrons. The van der Waals surface area contributed by atoms with Gasteiger partial charge >= 0.3 is 0 Å². The summed E-state index contributed by atoms with van der Waals surface area (Å²) in [5.74, 6) is -0.799. The zero-order valence-corrected chi connectivity index (χ0v) is 73.2. The van der Waals surface area contributed by atoms with Gasteiger partial charge in [-0.1, -0.05) is 66.2 Å². The maximum atomic E-state index is 13.4. The first-order valence-electron chi connectivity index (χ1n) is 32.5. The number of rotatable bonds is 9. The molecule has 0 aliphatic heterocycles. The van der Waals surface area contributed by atoms with E-state index in [2.05, 4.69) is 113 Å². The van der Waals surface area contributed by atoms with Gasteiger partial charge in [-0.2, -0.15) is 117 Å². The molecule has 0 unspecified atom stereocenters. The van der Waals surface area contributed by atoms with E-state index in [-0.39, 0.29) is 126 Å². The molecule has 0 spiro atoms. The predicted octanol–water partition coefficient (Wildman–Crippen LogP) is 19.2. The van der Waals surface area contributed by atoms with Gasteiger partial charge < -0.3 is 24.7 Å². The monoisotopic (exact) mass is 2500 g/mol. The van der Waals surface area contributed by atoms with Crippen molar-refractivity contribution in [3.63, 3.8) is 0 Å². The number of fused-ring (bicyclic) bond motifs is 1. The van der Waals surface area contributed by atoms with E-state index in [1.165, 1.54) is 24.1 Å². The molecule has 0 aliphatic carbocycles. The molecule has 0 saturated carbocycles. The summed E-state index contributed by atoms with van der Waals surface area (Å²) >= 11 is 0. The molecule has 21 heteroatoms. The molecule has 13 nitrogen and oxygen atoms in total. The fraction of sp³-hybridized carbons (Fsp3) is 0.0455. The number of hydrogen-bond donors (Lipinski definition) is 0. The van der Waals surface area contributed by atoms with Crippen LogP contribution in [-0.2, 0) is 121 Å². The normalized spacial score (nSPS) is 9.49. The number of aromatic nitrogens is 12. The van der Waals surface area contributed by atoms with Crippen molar-refractivity contribution in [2.24, 2.45) is 0 Å². The molecule has 0 fully saturated rings. The summed E-state index contributed by atoms with van der Waals surface area (Å²) < 4.78 is 38.4. The minimum atomic E-state index is -0.694. The molecule has 109 heavy (non-hydrogen) atoms. The van der Waals surface area contributed by atoms with Gasteiger partial charge in [0.1, 0.15) is 5.75 Å². The Hall–Kier alpha value is -9.76. The summed E-state index contributed by atoms with van der Waals surface area (Å²) in [6, 6.07) is 112. The number of pyridine rings is 4. The van der Waals surface area contributed by atoms with Gasteiger partial charge in [-0.05, 0) is 125 Å². The van der Waals surface area contributed by atoms with E-state index in [1.807, 2.05) is 292 Å². The zero-order valence-electron chi connectivity index (χ0n) is 58.9. The summed E-state index contributed by atoms with van der Waals surface area (Å²) in [5.41, 5.74) is 13.8. The SMILES string of the molecule is COc1ccnc(-c2[c-]cc(F)cc2F)c1.Cc1cc(C)n(-c2[c-]cccc2)n1.Cc1cnn(-c2[c-]cccc2)c1.[Ir].[Ir].[Ir].[Ir].[Ir].[Ir].[c-]1ccccc1-c1cc2ccccc2cn1.[c-]1ccccc1-c1ccccn1.[c-]1ccccc1-c1ccccn1.[c-]1ccccc1-n1cccn1.[c-]1ccccc1-n1cccn1. The van der Waals surface area contributed by atoms with Crippen LogP contribution in [-0.4, -0.2) is 66.2 Å². The Bertz CT molecular complexity index is 4970. The fourth-order valence-electron chi connectivity index (χ4n) is 9.58. The summed E-state index contributed by atoms with van der Waals surface area (Å²) in [6.07, 6.45) is 18.1. The van der Waals surface area contributed by atoms with Crippen molar-refractivity contribution in [3.05, 3.63) is 418 Å². The van der Waals surface area contributed by atoms with Crippen LogP contribution in [0.2, 0.25) is 0 Å². The number of ether oxygens (including phenoxy) is 1. The predicted molar refractivity (Wildman–Crippen MR) is 402 cm³/mol. The number of nitrogens with zero attached hydrogens (tertiary/aromatic N) is 12. The number of hydrogen-bond acceptors (Lipinski definition) is 9. The molecule has 0 bridgehead atoms. The third-order valence-corrected chi connectivity index (χ3v) is 14.5. The van der Waals surface area contributed by atoms with Gasteiger partial charge in [-0.25, -0.2) is 0 Å². The molecule has 17 aromatic rings. The van der Waals surface area contributed by atoms with Crippen molar-refractivity contribution in [2.75, 3.05) is 7.11 Å². The van der Waals surface area contributed by atoms with Crippen LogP contribution in [0, 0.1) is 80.9 Å². The molecular weight excluding hydrogens is 2430 g/mol. The van der Waals surface area contributed by atoms with Crippen LogP contribution in [0.1, 0.15) is 17.0 Å². The smallest absolute Gasteiger partial charge is 0.113 e. The van der Waals surface area contributed by atoms with Gasteiger partial charge in [0.05, 0.1) is 19.0 Å². The Labute approximate surface area is 716 Å². The number of methoxy groups -OCH3 is 1. The van der Waals surface area contributed by atoms with E-state index in [4.69, 9.17) is 4.74 Å². The van der Waals surface area contributed by atoms with Gasteiger partial charge in [-0.15, -0.1) is 144 Å². The largest absolute Gasteiger partial charge is 0.497 e. The van der Waals surface area contributed by atoms with E-state index < -0.39 is 11.6 Å². The second kappa shape index (κ2) is 50.8. The van der Waals surface area contributed by atoms with Crippen molar-refractivity contribution in [1.29, 1.82) is 0 Å². The van der Waals surface area contributed by atoms with Crippen LogP contribution in [0.15, 0.2) is 341 Å². The van der Waals surface area contributed by atoms with Crippen molar-refractivity contribution < 1.29 is 134 Å². The molecule has 9 aromatic carbocycles. The Morgan fingerprint density at radius 3 is 1.21 bits per heavy atom. The minimum Gasteiger partial charge on any atom is -0.497 e. The number of aryl methyl sites for hydroxylation is 3. The third kappa shape index (κ3) is 30.0. The maximum absolute atomic E-state index is 13.4. The summed E-state index contributed by atoms with van der Waals surface area (Å²) in [6.45, 7) is 6.06. The average Bonchev–Trinajstić information content (AvgIpc) is 1.64. The van der Waals surface area contributed by atoms with E-state index in [1.54, 1.807) is 46.3 Å². The minimum absolute atomic E-state index is 0. The van der Waals surface area contributed by atoms with Crippen LogP contribution in [0.25, 0.3) is 78.6 Å². The number of para-hydroxylation sites is 4. The summed E-state index contributed by atoms with van der Waals surface area (Å²) in [5, 5.41) is 19.1. The Morgan fingerprint density at radius 2 is 0.807 bits per heavy atom. The standard InChI is InChI=1S/C15H10N.C12H8F2NO.C11H11N2.2C11H8N.C10H9N2.2C9H7N2.6Ir/c1-2-6-12(7-3-1)15-10-13-8-4-5-9-14(13)11-16-15;1-16-9-4-5-15-12(7-9)10-3-2-8(13)6-11(10)14;1-9-8-10(2)13(12-9)11-6-4-3-5-7-11;2*1-2-6-10(7-3-1)11-8-4-5-9-12-11;1-9-7-11-12(8-9)10-5-3-2-4-6-10;2*1-2-5-9(6-3-1)11-8-4-7-10-11;;;;;;/h1-6,8-11H;2,4-7H,1H3;3-6,8H,1-2H3;2*1-6,8-9H;2-5,7-8H,1H3;2*1-5,7-8H;;;;;;/q8*-1;;;;;;. The molecule has 0 aliphatic rings. The quantitative estimate of drug-likeness (QED) is 0.130. The molecule has 17 rings (SSSR count). The molecule has 0 amide bonds.